The molecular formula is C17H22O2. The number of esters is 1. The van der Waals surface area contributed by atoms with Crippen molar-refractivity contribution in [2.24, 2.45) is 0 Å². The van der Waals surface area contributed by atoms with Gasteiger partial charge >= 0.3 is 5.97 Å². The molecule has 1 aromatic carbocycles. The fourth-order valence-corrected chi connectivity index (χ4v) is 2.61. The molecule has 102 valence electrons. The average molecular weight is 258 g/mol. The Morgan fingerprint density at radius 2 is 1.84 bits per heavy atom. The van der Waals surface area contributed by atoms with Gasteiger partial charge in [-0.1, -0.05) is 43.3 Å². The van der Waals surface area contributed by atoms with Gasteiger partial charge in [0.2, 0.25) is 0 Å². The van der Waals surface area contributed by atoms with Gasteiger partial charge in [0.05, 0.1) is 0 Å². The lowest BCUT2D eigenvalue weighted by Crippen LogP contribution is -2.34. The normalized spacial score (nSPS) is 17.7. The van der Waals surface area contributed by atoms with Crippen LogP contribution in [0.15, 0.2) is 42.5 Å². The molecule has 1 aliphatic carbocycles. The first kappa shape index (κ1) is 13.9. The zero-order chi connectivity index (χ0) is 13.7. The van der Waals surface area contributed by atoms with Crippen LogP contribution < -0.4 is 0 Å². The molecule has 0 heterocycles. The maximum absolute atomic E-state index is 12.1. The van der Waals surface area contributed by atoms with E-state index in [2.05, 4.69) is 6.58 Å². The molecule has 1 saturated carbocycles. The van der Waals surface area contributed by atoms with E-state index in [1.165, 1.54) is 6.42 Å². The molecule has 1 aromatic rings. The van der Waals surface area contributed by atoms with Crippen LogP contribution >= 0.6 is 0 Å². The van der Waals surface area contributed by atoms with E-state index in [0.29, 0.717) is 12.0 Å². The Kier molecular flexibility index (Phi) is 4.41. The zero-order valence-electron chi connectivity index (χ0n) is 11.7. The summed E-state index contributed by atoms with van der Waals surface area (Å²) in [6, 6.07) is 9.90. The monoisotopic (exact) mass is 258 g/mol. The van der Waals surface area contributed by atoms with Gasteiger partial charge in [-0.2, -0.15) is 0 Å². The van der Waals surface area contributed by atoms with Gasteiger partial charge in [0.15, 0.2) is 0 Å². The number of hydrogen-bond acceptors (Lipinski definition) is 2. The zero-order valence-corrected chi connectivity index (χ0v) is 11.7. The van der Waals surface area contributed by atoms with Crippen molar-refractivity contribution in [2.75, 3.05) is 0 Å². The van der Waals surface area contributed by atoms with Crippen LogP contribution in [-0.4, -0.2) is 11.6 Å². The SMILES string of the molecule is C=C(Cc1ccccc1)C(=O)OC1(C)CCCCC1. The lowest BCUT2D eigenvalue weighted by molar-refractivity contribution is -0.156. The highest BCUT2D eigenvalue weighted by Crippen LogP contribution is 2.31. The molecule has 0 unspecified atom stereocenters. The van der Waals surface area contributed by atoms with Crippen molar-refractivity contribution in [3.05, 3.63) is 48.0 Å². The minimum absolute atomic E-state index is 0.242. The highest BCUT2D eigenvalue weighted by Gasteiger charge is 2.31. The molecule has 0 saturated heterocycles. The highest BCUT2D eigenvalue weighted by atomic mass is 16.6. The number of ether oxygens (including phenoxy) is 1. The number of benzene rings is 1. The van der Waals surface area contributed by atoms with E-state index in [1.54, 1.807) is 0 Å². The molecule has 0 atom stereocenters. The van der Waals surface area contributed by atoms with Crippen LogP contribution in [0.5, 0.6) is 0 Å². The summed E-state index contributed by atoms with van der Waals surface area (Å²) >= 11 is 0. The van der Waals surface area contributed by atoms with Crippen LogP contribution in [0.2, 0.25) is 0 Å². The summed E-state index contributed by atoms with van der Waals surface area (Å²) < 4.78 is 5.67. The second-order valence-electron chi connectivity index (χ2n) is 5.67. The Bertz CT molecular complexity index is 442. The summed E-state index contributed by atoms with van der Waals surface area (Å²) in [5.74, 6) is -0.242. The van der Waals surface area contributed by atoms with Crippen molar-refractivity contribution in [3.63, 3.8) is 0 Å². The Hall–Kier alpha value is -1.57. The molecule has 0 radical (unpaired) electrons. The summed E-state index contributed by atoms with van der Waals surface area (Å²) in [6.07, 6.45) is 6.05. The fraction of sp³-hybridized carbons (Fsp3) is 0.471. The second-order valence-corrected chi connectivity index (χ2v) is 5.67. The first-order valence-electron chi connectivity index (χ1n) is 7.04. The highest BCUT2D eigenvalue weighted by molar-refractivity contribution is 5.88. The minimum atomic E-state index is -0.283. The molecule has 2 rings (SSSR count). The Morgan fingerprint density at radius 1 is 1.21 bits per heavy atom. The van der Waals surface area contributed by atoms with Crippen LogP contribution in [0.4, 0.5) is 0 Å². The molecule has 2 nitrogen and oxygen atoms in total. The lowest BCUT2D eigenvalue weighted by atomic mass is 9.86. The standard InChI is InChI=1S/C17H22O2/c1-14(13-15-9-5-3-6-10-15)16(18)19-17(2)11-7-4-8-12-17/h3,5-6,9-10H,1,4,7-8,11-13H2,2H3. The predicted molar refractivity (Wildman–Crippen MR) is 76.9 cm³/mol. The number of carbonyl (C=O) groups excluding carboxylic acids is 1. The number of carbonyl (C=O) groups is 1. The van der Waals surface area contributed by atoms with Gasteiger partial charge < -0.3 is 4.74 Å². The molecule has 0 aliphatic heterocycles. The van der Waals surface area contributed by atoms with Gasteiger partial charge in [0, 0.05) is 12.0 Å². The third kappa shape index (κ3) is 3.95. The first-order valence-corrected chi connectivity index (χ1v) is 7.04. The van der Waals surface area contributed by atoms with Crippen molar-refractivity contribution in [2.45, 2.75) is 51.0 Å². The third-order valence-corrected chi connectivity index (χ3v) is 3.80. The van der Waals surface area contributed by atoms with E-state index in [9.17, 15) is 4.79 Å². The van der Waals surface area contributed by atoms with Crippen molar-refractivity contribution in [3.8, 4) is 0 Å². The maximum Gasteiger partial charge on any atom is 0.334 e. The van der Waals surface area contributed by atoms with E-state index in [-0.39, 0.29) is 11.6 Å². The number of rotatable bonds is 4. The largest absolute Gasteiger partial charge is 0.456 e. The molecule has 0 bridgehead atoms. The summed E-state index contributed by atoms with van der Waals surface area (Å²) in [6.45, 7) is 5.91. The van der Waals surface area contributed by atoms with E-state index in [1.807, 2.05) is 37.3 Å². The van der Waals surface area contributed by atoms with Crippen molar-refractivity contribution < 1.29 is 9.53 Å². The van der Waals surface area contributed by atoms with Gasteiger partial charge in [-0.25, -0.2) is 4.79 Å². The summed E-state index contributed by atoms with van der Waals surface area (Å²) in [5, 5.41) is 0. The Morgan fingerprint density at radius 3 is 2.47 bits per heavy atom. The molecule has 0 amide bonds. The topological polar surface area (TPSA) is 26.3 Å². The average Bonchev–Trinajstić information content (AvgIpc) is 2.40. The van der Waals surface area contributed by atoms with E-state index in [4.69, 9.17) is 4.74 Å². The van der Waals surface area contributed by atoms with Crippen molar-refractivity contribution >= 4 is 5.97 Å². The molecule has 0 spiro atoms. The van der Waals surface area contributed by atoms with E-state index >= 15 is 0 Å². The van der Waals surface area contributed by atoms with Gasteiger partial charge in [-0.05, 0) is 38.2 Å². The number of hydrogen-bond donors (Lipinski definition) is 0. The second kappa shape index (κ2) is 6.05. The Labute approximate surface area is 115 Å². The summed E-state index contributed by atoms with van der Waals surface area (Å²) in [7, 11) is 0. The van der Waals surface area contributed by atoms with Gasteiger partial charge in [-0.3, -0.25) is 0 Å². The predicted octanol–water partition coefficient (Wildman–Crippen LogP) is 4.05. The Balaban J connectivity index is 1.90. The maximum atomic E-state index is 12.1. The van der Waals surface area contributed by atoms with E-state index < -0.39 is 0 Å². The molecule has 1 fully saturated rings. The minimum Gasteiger partial charge on any atom is -0.456 e. The molecule has 2 heteroatoms. The smallest absolute Gasteiger partial charge is 0.334 e. The van der Waals surface area contributed by atoms with Gasteiger partial charge in [-0.15, -0.1) is 0 Å². The van der Waals surface area contributed by atoms with Gasteiger partial charge in [0.25, 0.3) is 0 Å². The van der Waals surface area contributed by atoms with Crippen LogP contribution in [0.25, 0.3) is 0 Å². The summed E-state index contributed by atoms with van der Waals surface area (Å²) in [4.78, 5) is 12.1. The van der Waals surface area contributed by atoms with Crippen LogP contribution in [-0.2, 0) is 16.0 Å². The van der Waals surface area contributed by atoms with E-state index in [0.717, 1.165) is 31.2 Å². The van der Waals surface area contributed by atoms with Crippen molar-refractivity contribution in [1.29, 1.82) is 0 Å². The van der Waals surface area contributed by atoms with Crippen LogP contribution in [0.1, 0.15) is 44.6 Å². The molecule has 0 N–H and O–H groups in total. The van der Waals surface area contributed by atoms with Gasteiger partial charge in [0.1, 0.15) is 5.60 Å². The third-order valence-electron chi connectivity index (χ3n) is 3.80. The quantitative estimate of drug-likeness (QED) is 0.601. The molecular weight excluding hydrogens is 236 g/mol. The van der Waals surface area contributed by atoms with Crippen LogP contribution in [0, 0.1) is 0 Å². The molecule has 19 heavy (non-hydrogen) atoms. The lowest BCUT2D eigenvalue weighted by Gasteiger charge is -2.33. The summed E-state index contributed by atoms with van der Waals surface area (Å²) in [5.41, 5.74) is 1.35. The molecule has 1 aliphatic rings. The van der Waals surface area contributed by atoms with Crippen molar-refractivity contribution in [1.82, 2.24) is 0 Å². The molecule has 0 aromatic heterocycles. The van der Waals surface area contributed by atoms with Crippen LogP contribution in [0.3, 0.4) is 0 Å². The fourth-order valence-electron chi connectivity index (χ4n) is 2.61. The first-order chi connectivity index (χ1) is 9.09.